The lowest BCUT2D eigenvalue weighted by Crippen LogP contribution is -3.05. The Kier molecular flexibility index (Phi) is 7.02. The van der Waals surface area contributed by atoms with Crippen LogP contribution in [0.5, 0.6) is 0 Å². The largest absolute Gasteiger partial charge is 0.348 e. The van der Waals surface area contributed by atoms with Crippen LogP contribution < -0.4 is 15.9 Å². The van der Waals surface area contributed by atoms with E-state index in [1.54, 1.807) is 4.57 Å². The number of nitrogens with zero attached hydrogens (tertiary/aromatic N) is 2. The number of carbonyl (C=O) groups excluding carboxylic acids is 1. The number of aromatic nitrogens is 2. The number of rotatable bonds is 8. The molecular formula is C20H25F2N4O2S+. The molecule has 0 saturated carbocycles. The Morgan fingerprint density at radius 3 is 2.79 bits per heavy atom. The molecule has 1 aliphatic rings. The summed E-state index contributed by atoms with van der Waals surface area (Å²) in [5.74, 6) is -2.32. The highest BCUT2D eigenvalue weighted by molar-refractivity contribution is 8.00. The van der Waals surface area contributed by atoms with E-state index < -0.39 is 11.6 Å². The lowest BCUT2D eigenvalue weighted by molar-refractivity contribution is -0.858. The summed E-state index contributed by atoms with van der Waals surface area (Å²) in [4.78, 5) is 30.3. The van der Waals surface area contributed by atoms with Gasteiger partial charge in [-0.05, 0) is 31.4 Å². The Labute approximate surface area is 172 Å². The maximum Gasteiger partial charge on any atom is 0.348 e. The first-order valence-corrected chi connectivity index (χ1v) is 10.6. The Morgan fingerprint density at radius 1 is 1.28 bits per heavy atom. The van der Waals surface area contributed by atoms with E-state index >= 15 is 0 Å². The Balaban J connectivity index is 1.67. The number of thioether (sulfide) groups is 1. The molecule has 2 aromatic rings. The van der Waals surface area contributed by atoms with Crippen molar-refractivity contribution >= 4 is 23.4 Å². The summed E-state index contributed by atoms with van der Waals surface area (Å²) in [6, 6.07) is 3.20. The molecule has 6 nitrogen and oxygen atoms in total. The fourth-order valence-electron chi connectivity index (χ4n) is 3.43. The van der Waals surface area contributed by atoms with Gasteiger partial charge >= 0.3 is 5.69 Å². The van der Waals surface area contributed by atoms with E-state index in [1.165, 1.54) is 22.7 Å². The molecule has 2 N–H and O–H groups in total. The van der Waals surface area contributed by atoms with Gasteiger partial charge in [0, 0.05) is 36.0 Å². The molecule has 1 amide bonds. The molecule has 0 spiro atoms. The molecule has 0 saturated heterocycles. The third-order valence-electron chi connectivity index (χ3n) is 4.80. The van der Waals surface area contributed by atoms with Crippen LogP contribution in [0.1, 0.15) is 24.1 Å². The zero-order chi connectivity index (χ0) is 21.0. The number of fused-ring (bicyclic) bond motifs is 1. The molecule has 0 bridgehead atoms. The first kappa shape index (κ1) is 21.4. The van der Waals surface area contributed by atoms with Crippen LogP contribution in [0, 0.1) is 11.6 Å². The zero-order valence-electron chi connectivity index (χ0n) is 16.6. The predicted molar refractivity (Wildman–Crippen MR) is 109 cm³/mol. The molecule has 0 aliphatic heterocycles. The van der Waals surface area contributed by atoms with E-state index in [-0.39, 0.29) is 23.0 Å². The van der Waals surface area contributed by atoms with Gasteiger partial charge in [0.05, 0.1) is 26.4 Å². The molecule has 9 heteroatoms. The molecule has 3 rings (SSSR count). The number of carbonyl (C=O) groups is 1. The molecule has 0 fully saturated rings. The average molecular weight is 424 g/mol. The second kappa shape index (κ2) is 9.49. The monoisotopic (exact) mass is 423 g/mol. The van der Waals surface area contributed by atoms with Crippen molar-refractivity contribution in [2.45, 2.75) is 37.3 Å². The van der Waals surface area contributed by atoms with E-state index in [2.05, 4.69) is 24.4 Å². The van der Waals surface area contributed by atoms with E-state index in [0.717, 1.165) is 55.6 Å². The highest BCUT2D eigenvalue weighted by atomic mass is 32.2. The van der Waals surface area contributed by atoms with Gasteiger partial charge in [-0.1, -0.05) is 11.8 Å². The predicted octanol–water partition coefficient (Wildman–Crippen LogP) is 1.28. The van der Waals surface area contributed by atoms with Crippen LogP contribution in [0.4, 0.5) is 14.5 Å². The minimum atomic E-state index is -1.02. The SMILES string of the molecule is C[NH+](C)CCCn1c2c(c(SCC(=O)Nc3ccc(F)c(F)c3)nc1=O)CCC2. The van der Waals surface area contributed by atoms with Crippen LogP contribution in [0.15, 0.2) is 28.0 Å². The smallest absolute Gasteiger partial charge is 0.340 e. The van der Waals surface area contributed by atoms with Crippen molar-refractivity contribution in [3.8, 4) is 0 Å². The molecular weight excluding hydrogens is 398 g/mol. The van der Waals surface area contributed by atoms with Crippen LogP contribution in [-0.4, -0.2) is 41.9 Å². The highest BCUT2D eigenvalue weighted by Crippen LogP contribution is 2.29. The Bertz CT molecular complexity index is 962. The minimum absolute atomic E-state index is 0.0336. The summed E-state index contributed by atoms with van der Waals surface area (Å²) < 4.78 is 28.0. The number of hydrogen-bond donors (Lipinski definition) is 2. The van der Waals surface area contributed by atoms with Crippen molar-refractivity contribution in [2.75, 3.05) is 31.7 Å². The minimum Gasteiger partial charge on any atom is -0.340 e. The summed E-state index contributed by atoms with van der Waals surface area (Å²) in [6.45, 7) is 1.63. The van der Waals surface area contributed by atoms with Gasteiger partial charge < -0.3 is 10.2 Å². The third kappa shape index (κ3) is 5.42. The number of halogens is 2. The number of nitrogens with one attached hydrogen (secondary N) is 2. The maximum absolute atomic E-state index is 13.3. The first-order chi connectivity index (χ1) is 13.8. The van der Waals surface area contributed by atoms with Crippen molar-refractivity contribution in [1.82, 2.24) is 9.55 Å². The summed E-state index contributed by atoms with van der Waals surface area (Å²) in [7, 11) is 4.16. The van der Waals surface area contributed by atoms with E-state index in [4.69, 9.17) is 0 Å². The molecule has 0 unspecified atom stereocenters. The summed E-state index contributed by atoms with van der Waals surface area (Å²) in [5.41, 5.74) is 1.99. The second-order valence-electron chi connectivity index (χ2n) is 7.41. The fourth-order valence-corrected chi connectivity index (χ4v) is 4.31. The van der Waals surface area contributed by atoms with Gasteiger partial charge in [-0.25, -0.2) is 13.6 Å². The van der Waals surface area contributed by atoms with Crippen molar-refractivity contribution < 1.29 is 18.5 Å². The van der Waals surface area contributed by atoms with Crippen LogP contribution in [0.25, 0.3) is 0 Å². The van der Waals surface area contributed by atoms with Gasteiger partial charge in [0.1, 0.15) is 5.03 Å². The average Bonchev–Trinajstić information content (AvgIpc) is 3.14. The van der Waals surface area contributed by atoms with Crippen LogP contribution in [-0.2, 0) is 24.2 Å². The summed E-state index contributed by atoms with van der Waals surface area (Å²) in [5, 5.41) is 3.13. The molecule has 1 heterocycles. The van der Waals surface area contributed by atoms with Gasteiger partial charge in [0.25, 0.3) is 0 Å². The van der Waals surface area contributed by atoms with Crippen LogP contribution in [0.2, 0.25) is 0 Å². The second-order valence-corrected chi connectivity index (χ2v) is 8.37. The molecule has 1 aromatic carbocycles. The van der Waals surface area contributed by atoms with Crippen molar-refractivity contribution in [3.63, 3.8) is 0 Å². The standard InChI is InChI=1S/C20H24F2N4O2S/c1-25(2)9-4-10-26-17-6-3-5-14(17)19(24-20(26)28)29-12-18(27)23-13-7-8-15(21)16(22)11-13/h7-8,11H,3-6,9-10,12H2,1-2H3,(H,23,27)/p+1. The normalized spacial score (nSPS) is 13.0. The molecule has 0 radical (unpaired) electrons. The number of benzene rings is 1. The third-order valence-corrected chi connectivity index (χ3v) is 5.82. The van der Waals surface area contributed by atoms with Gasteiger partial charge in [-0.2, -0.15) is 4.98 Å². The molecule has 1 aromatic heterocycles. The summed E-state index contributed by atoms with van der Waals surface area (Å²) in [6.07, 6.45) is 3.55. The maximum atomic E-state index is 13.3. The number of quaternary nitrogens is 1. The van der Waals surface area contributed by atoms with Crippen molar-refractivity contribution in [3.05, 3.63) is 51.6 Å². The fraction of sp³-hybridized carbons (Fsp3) is 0.450. The molecule has 0 atom stereocenters. The lowest BCUT2D eigenvalue weighted by Gasteiger charge is -2.15. The van der Waals surface area contributed by atoms with Crippen molar-refractivity contribution in [1.29, 1.82) is 0 Å². The lowest BCUT2D eigenvalue weighted by atomic mass is 10.2. The molecule has 156 valence electrons. The van der Waals surface area contributed by atoms with E-state index in [1.807, 2.05) is 0 Å². The quantitative estimate of drug-likeness (QED) is 0.496. The van der Waals surface area contributed by atoms with E-state index in [0.29, 0.717) is 11.6 Å². The zero-order valence-corrected chi connectivity index (χ0v) is 17.4. The number of hydrogen-bond acceptors (Lipinski definition) is 4. The topological polar surface area (TPSA) is 68.4 Å². The van der Waals surface area contributed by atoms with Gasteiger partial charge in [-0.3, -0.25) is 9.36 Å². The van der Waals surface area contributed by atoms with Crippen LogP contribution >= 0.6 is 11.8 Å². The number of amides is 1. The number of anilines is 1. The van der Waals surface area contributed by atoms with Gasteiger partial charge in [0.15, 0.2) is 11.6 Å². The van der Waals surface area contributed by atoms with Crippen LogP contribution in [0.3, 0.4) is 0 Å². The molecule has 29 heavy (non-hydrogen) atoms. The van der Waals surface area contributed by atoms with Gasteiger partial charge in [0.2, 0.25) is 5.91 Å². The Morgan fingerprint density at radius 2 is 2.07 bits per heavy atom. The van der Waals surface area contributed by atoms with Gasteiger partial charge in [-0.15, -0.1) is 0 Å². The first-order valence-electron chi connectivity index (χ1n) is 9.64. The Hall–Kier alpha value is -2.26. The summed E-state index contributed by atoms with van der Waals surface area (Å²) >= 11 is 1.20. The highest BCUT2D eigenvalue weighted by Gasteiger charge is 2.22. The van der Waals surface area contributed by atoms with E-state index in [9.17, 15) is 18.4 Å². The van der Waals surface area contributed by atoms with Crippen molar-refractivity contribution in [2.24, 2.45) is 0 Å². The molecule has 1 aliphatic carbocycles.